The Labute approximate surface area is 143 Å². The fourth-order valence-corrected chi connectivity index (χ4v) is 3.20. The first-order chi connectivity index (χ1) is 12.2. The van der Waals surface area contributed by atoms with Crippen molar-refractivity contribution in [3.8, 4) is 16.9 Å². The number of nitrogens with one attached hydrogen (secondary N) is 2. The van der Waals surface area contributed by atoms with Gasteiger partial charge in [-0.15, -0.1) is 0 Å². The summed E-state index contributed by atoms with van der Waals surface area (Å²) < 4.78 is 19.3. The third kappa shape index (κ3) is 2.65. The van der Waals surface area contributed by atoms with Gasteiger partial charge in [-0.2, -0.15) is 5.10 Å². The number of H-pyrrole nitrogens is 1. The van der Waals surface area contributed by atoms with Crippen LogP contribution in [0.4, 0.5) is 4.39 Å². The average Bonchev–Trinajstić information content (AvgIpc) is 3.29. The lowest BCUT2D eigenvalue weighted by molar-refractivity contribution is -0.123. The standard InChI is InChI=1S/C19H16FN3O2/c1-21-19(24)17-15-8-12(13-9-22-23-10-13)4-7-16(15)25-18(17)11-2-5-14(20)6-3-11/h2-10,17-18H,1H3,(H,21,24)(H,22,23). The number of amides is 1. The summed E-state index contributed by atoms with van der Waals surface area (Å²) in [7, 11) is 1.60. The number of nitrogens with zero attached hydrogens (tertiary/aromatic N) is 1. The first-order valence-electron chi connectivity index (χ1n) is 7.94. The number of halogens is 1. The molecule has 1 aliphatic rings. The number of ether oxygens (including phenoxy) is 1. The number of carbonyl (C=O) groups is 1. The van der Waals surface area contributed by atoms with E-state index in [9.17, 15) is 9.18 Å². The van der Waals surface area contributed by atoms with Crippen molar-refractivity contribution >= 4 is 5.91 Å². The second kappa shape index (κ2) is 6.05. The highest BCUT2D eigenvalue weighted by Gasteiger charge is 2.40. The summed E-state index contributed by atoms with van der Waals surface area (Å²) in [6, 6.07) is 11.8. The molecule has 126 valence electrons. The fraction of sp³-hybridized carbons (Fsp3) is 0.158. The summed E-state index contributed by atoms with van der Waals surface area (Å²) in [5.74, 6) is -0.303. The summed E-state index contributed by atoms with van der Waals surface area (Å²) in [5.41, 5.74) is 3.46. The highest BCUT2D eigenvalue weighted by molar-refractivity contribution is 5.87. The van der Waals surface area contributed by atoms with Gasteiger partial charge in [-0.05, 0) is 35.4 Å². The first kappa shape index (κ1) is 15.4. The molecule has 0 spiro atoms. The minimum absolute atomic E-state index is 0.141. The quantitative estimate of drug-likeness (QED) is 0.771. The monoisotopic (exact) mass is 337 g/mol. The number of likely N-dealkylation sites (N-methyl/N-ethyl adjacent to an activating group) is 1. The SMILES string of the molecule is CNC(=O)C1c2cc(-c3cn[nH]c3)ccc2OC1c1ccc(F)cc1. The van der Waals surface area contributed by atoms with Crippen LogP contribution >= 0.6 is 0 Å². The third-order valence-electron chi connectivity index (χ3n) is 4.46. The van der Waals surface area contributed by atoms with E-state index in [1.54, 1.807) is 31.6 Å². The summed E-state index contributed by atoms with van der Waals surface area (Å²) >= 11 is 0. The maximum Gasteiger partial charge on any atom is 0.231 e. The van der Waals surface area contributed by atoms with Gasteiger partial charge in [-0.1, -0.05) is 18.2 Å². The Balaban J connectivity index is 1.78. The van der Waals surface area contributed by atoms with Crippen LogP contribution < -0.4 is 10.1 Å². The van der Waals surface area contributed by atoms with Crippen molar-refractivity contribution in [2.24, 2.45) is 0 Å². The molecule has 0 saturated heterocycles. The van der Waals surface area contributed by atoms with Crippen LogP contribution in [0.15, 0.2) is 54.9 Å². The number of aromatic nitrogens is 2. The molecule has 5 nitrogen and oxygen atoms in total. The first-order valence-corrected chi connectivity index (χ1v) is 7.94. The summed E-state index contributed by atoms with van der Waals surface area (Å²) in [4.78, 5) is 12.5. The second-order valence-electron chi connectivity index (χ2n) is 5.92. The van der Waals surface area contributed by atoms with Crippen LogP contribution in [-0.4, -0.2) is 23.2 Å². The van der Waals surface area contributed by atoms with Gasteiger partial charge < -0.3 is 10.1 Å². The van der Waals surface area contributed by atoms with E-state index in [4.69, 9.17) is 4.74 Å². The summed E-state index contributed by atoms with van der Waals surface area (Å²) in [5, 5.41) is 9.45. The van der Waals surface area contributed by atoms with Gasteiger partial charge in [0.2, 0.25) is 5.91 Å². The topological polar surface area (TPSA) is 67.0 Å². The lowest BCUT2D eigenvalue weighted by Gasteiger charge is -2.18. The van der Waals surface area contributed by atoms with Crippen LogP contribution in [0.1, 0.15) is 23.1 Å². The molecule has 0 fully saturated rings. The van der Waals surface area contributed by atoms with Gasteiger partial charge in [0.1, 0.15) is 23.6 Å². The zero-order valence-electron chi connectivity index (χ0n) is 13.5. The predicted molar refractivity (Wildman–Crippen MR) is 90.6 cm³/mol. The van der Waals surface area contributed by atoms with Gasteiger partial charge in [-0.25, -0.2) is 4.39 Å². The second-order valence-corrected chi connectivity index (χ2v) is 5.92. The highest BCUT2D eigenvalue weighted by Crippen LogP contribution is 2.47. The average molecular weight is 337 g/mol. The molecule has 4 rings (SSSR count). The Morgan fingerprint density at radius 2 is 2.00 bits per heavy atom. The minimum atomic E-state index is -0.502. The summed E-state index contributed by atoms with van der Waals surface area (Å²) in [6.45, 7) is 0. The van der Waals surface area contributed by atoms with Crippen LogP contribution in [0.2, 0.25) is 0 Å². The van der Waals surface area contributed by atoms with Gasteiger partial charge in [0.05, 0.1) is 6.20 Å². The number of carbonyl (C=O) groups excluding carboxylic acids is 1. The van der Waals surface area contributed by atoms with Crippen molar-refractivity contribution in [2.75, 3.05) is 7.05 Å². The Hall–Kier alpha value is -3.15. The number of benzene rings is 2. The molecular formula is C19H16FN3O2. The molecule has 0 aliphatic carbocycles. The third-order valence-corrected chi connectivity index (χ3v) is 4.46. The largest absolute Gasteiger partial charge is 0.484 e. The summed E-state index contributed by atoms with van der Waals surface area (Å²) in [6.07, 6.45) is 3.03. The van der Waals surface area contributed by atoms with Crippen molar-refractivity contribution in [3.05, 3.63) is 71.8 Å². The normalized spacial score (nSPS) is 18.5. The Morgan fingerprint density at radius 3 is 2.68 bits per heavy atom. The molecule has 2 atom stereocenters. The zero-order chi connectivity index (χ0) is 17.4. The highest BCUT2D eigenvalue weighted by atomic mass is 19.1. The molecule has 2 heterocycles. The van der Waals surface area contributed by atoms with Gasteiger partial charge >= 0.3 is 0 Å². The number of hydrogen-bond donors (Lipinski definition) is 2. The van der Waals surface area contributed by atoms with E-state index in [1.165, 1.54) is 12.1 Å². The molecule has 0 bridgehead atoms. The van der Waals surface area contributed by atoms with Crippen molar-refractivity contribution in [1.29, 1.82) is 0 Å². The van der Waals surface area contributed by atoms with Crippen LogP contribution in [0.3, 0.4) is 0 Å². The maximum absolute atomic E-state index is 13.2. The van der Waals surface area contributed by atoms with E-state index in [2.05, 4.69) is 15.5 Å². The molecule has 2 aromatic carbocycles. The molecule has 1 amide bonds. The molecule has 2 N–H and O–H groups in total. The Morgan fingerprint density at radius 1 is 1.20 bits per heavy atom. The van der Waals surface area contributed by atoms with Gasteiger partial charge in [0, 0.05) is 24.4 Å². The fourth-order valence-electron chi connectivity index (χ4n) is 3.20. The molecule has 2 unspecified atom stereocenters. The van der Waals surface area contributed by atoms with Crippen LogP contribution in [-0.2, 0) is 4.79 Å². The number of rotatable bonds is 3. The van der Waals surface area contributed by atoms with Gasteiger partial charge in [0.25, 0.3) is 0 Å². The Kier molecular flexibility index (Phi) is 3.72. The number of hydrogen-bond acceptors (Lipinski definition) is 3. The zero-order valence-corrected chi connectivity index (χ0v) is 13.5. The van der Waals surface area contributed by atoms with Crippen LogP contribution in [0.25, 0.3) is 11.1 Å². The smallest absolute Gasteiger partial charge is 0.231 e. The molecule has 0 saturated carbocycles. The van der Waals surface area contributed by atoms with Crippen molar-refractivity contribution in [1.82, 2.24) is 15.5 Å². The molecule has 3 aromatic rings. The van der Waals surface area contributed by atoms with E-state index >= 15 is 0 Å². The van der Waals surface area contributed by atoms with Gasteiger partial charge in [0.15, 0.2) is 0 Å². The lowest BCUT2D eigenvalue weighted by atomic mass is 9.89. The predicted octanol–water partition coefficient (Wildman–Crippen LogP) is 3.18. The van der Waals surface area contributed by atoms with Gasteiger partial charge in [-0.3, -0.25) is 9.89 Å². The van der Waals surface area contributed by atoms with E-state index in [0.717, 1.165) is 22.3 Å². The number of aromatic amines is 1. The molecule has 0 radical (unpaired) electrons. The van der Waals surface area contributed by atoms with E-state index in [1.807, 2.05) is 18.2 Å². The van der Waals surface area contributed by atoms with E-state index in [-0.39, 0.29) is 11.7 Å². The lowest BCUT2D eigenvalue weighted by Crippen LogP contribution is -2.28. The van der Waals surface area contributed by atoms with E-state index in [0.29, 0.717) is 5.75 Å². The molecule has 1 aliphatic heterocycles. The van der Waals surface area contributed by atoms with Crippen molar-refractivity contribution in [3.63, 3.8) is 0 Å². The molecular weight excluding hydrogens is 321 g/mol. The van der Waals surface area contributed by atoms with Crippen molar-refractivity contribution < 1.29 is 13.9 Å². The van der Waals surface area contributed by atoms with E-state index < -0.39 is 12.0 Å². The molecule has 6 heteroatoms. The minimum Gasteiger partial charge on any atom is -0.484 e. The Bertz CT molecular complexity index is 907. The molecule has 25 heavy (non-hydrogen) atoms. The molecule has 1 aromatic heterocycles. The van der Waals surface area contributed by atoms with Crippen molar-refractivity contribution in [2.45, 2.75) is 12.0 Å². The van der Waals surface area contributed by atoms with Crippen LogP contribution in [0.5, 0.6) is 5.75 Å². The van der Waals surface area contributed by atoms with Crippen LogP contribution in [0, 0.1) is 5.82 Å². The number of fused-ring (bicyclic) bond motifs is 1. The maximum atomic E-state index is 13.2.